The van der Waals surface area contributed by atoms with Crippen molar-refractivity contribution < 1.29 is 14.4 Å². The van der Waals surface area contributed by atoms with Crippen LogP contribution in [0.4, 0.5) is 5.69 Å². The monoisotopic (exact) mass is 555 g/mol. The van der Waals surface area contributed by atoms with Crippen molar-refractivity contribution in [1.82, 2.24) is 0 Å². The van der Waals surface area contributed by atoms with Gasteiger partial charge in [-0.1, -0.05) is 77.8 Å². The minimum atomic E-state index is -1.54. The van der Waals surface area contributed by atoms with Crippen molar-refractivity contribution in [3.05, 3.63) is 127 Å². The number of ketones is 3. The van der Waals surface area contributed by atoms with Crippen LogP contribution in [-0.4, -0.2) is 29.4 Å². The zero-order valence-electron chi connectivity index (χ0n) is 19.8. The minimum absolute atomic E-state index is 0.139. The third kappa shape index (κ3) is 3.07. The van der Waals surface area contributed by atoms with E-state index in [9.17, 15) is 14.4 Å². The predicted octanol–water partition coefficient (Wildman–Crippen LogP) is 7.37. The Morgan fingerprint density at radius 3 is 2.26 bits per heavy atom. The van der Waals surface area contributed by atoms with Gasteiger partial charge in [-0.2, -0.15) is 0 Å². The van der Waals surface area contributed by atoms with E-state index in [4.69, 9.17) is 23.2 Å². The average molecular weight is 556 g/mol. The Morgan fingerprint density at radius 2 is 1.58 bits per heavy atom. The Hall–Kier alpha value is -3.51. The van der Waals surface area contributed by atoms with Crippen molar-refractivity contribution in [3.63, 3.8) is 0 Å². The number of nitrogens with zero attached hydrogens (tertiary/aromatic N) is 1. The molecule has 186 valence electrons. The molecule has 3 aliphatic rings. The van der Waals surface area contributed by atoms with E-state index in [0.29, 0.717) is 31.6 Å². The highest BCUT2D eigenvalue weighted by Crippen LogP contribution is 2.61. The fourth-order valence-electron chi connectivity index (χ4n) is 6.59. The van der Waals surface area contributed by atoms with Gasteiger partial charge in [0.2, 0.25) is 0 Å². The molecule has 4 aromatic rings. The summed E-state index contributed by atoms with van der Waals surface area (Å²) in [6, 6.07) is 21.7. The molecule has 3 heterocycles. The molecule has 1 aromatic heterocycles. The van der Waals surface area contributed by atoms with Crippen LogP contribution in [-0.2, 0) is 0 Å². The summed E-state index contributed by atoms with van der Waals surface area (Å²) in [6.45, 7) is 0. The Labute approximate surface area is 233 Å². The zero-order chi connectivity index (χ0) is 26.2. The van der Waals surface area contributed by atoms with Crippen LogP contribution in [0.1, 0.15) is 47.4 Å². The summed E-state index contributed by atoms with van der Waals surface area (Å²) in [5.41, 5.74) is 1.51. The fourth-order valence-corrected chi connectivity index (χ4v) is 7.66. The van der Waals surface area contributed by atoms with Crippen molar-refractivity contribution in [2.75, 3.05) is 4.90 Å². The molecule has 0 radical (unpaired) electrons. The van der Waals surface area contributed by atoms with E-state index in [1.54, 1.807) is 54.6 Å². The van der Waals surface area contributed by atoms with Crippen molar-refractivity contribution in [2.24, 2.45) is 5.41 Å². The molecule has 3 atom stereocenters. The minimum Gasteiger partial charge on any atom is -0.352 e. The van der Waals surface area contributed by atoms with E-state index in [1.165, 1.54) is 11.3 Å². The number of carbonyl (C=O) groups is 3. The lowest BCUT2D eigenvalue weighted by atomic mass is 9.64. The molecule has 1 fully saturated rings. The van der Waals surface area contributed by atoms with Gasteiger partial charge in [-0.15, -0.1) is 11.3 Å². The van der Waals surface area contributed by atoms with Crippen LogP contribution in [0.25, 0.3) is 6.08 Å². The first-order valence-corrected chi connectivity index (χ1v) is 13.8. The van der Waals surface area contributed by atoms with Gasteiger partial charge in [-0.25, -0.2) is 0 Å². The van der Waals surface area contributed by atoms with Crippen LogP contribution in [0.5, 0.6) is 0 Å². The van der Waals surface area contributed by atoms with Crippen molar-refractivity contribution >= 4 is 63.7 Å². The number of Topliss-reactive ketones (excluding diaryl/α,β-unsaturated/α-hetero) is 3. The second kappa shape index (κ2) is 8.50. The predicted molar refractivity (Wildman–Crippen MR) is 151 cm³/mol. The van der Waals surface area contributed by atoms with E-state index in [1.807, 2.05) is 46.7 Å². The molecular weight excluding hydrogens is 537 g/mol. The van der Waals surface area contributed by atoms with Crippen molar-refractivity contribution in [3.8, 4) is 0 Å². The normalized spacial score (nSPS) is 22.5. The fraction of sp³-hybridized carbons (Fsp3) is 0.129. The van der Waals surface area contributed by atoms with Gasteiger partial charge in [0, 0.05) is 32.8 Å². The summed E-state index contributed by atoms with van der Waals surface area (Å²) < 4.78 is 0. The molecule has 3 aromatic carbocycles. The quantitative estimate of drug-likeness (QED) is 0.195. The van der Waals surface area contributed by atoms with Gasteiger partial charge in [0.1, 0.15) is 11.5 Å². The Kier molecular flexibility index (Phi) is 5.28. The van der Waals surface area contributed by atoms with Gasteiger partial charge in [0.25, 0.3) is 0 Å². The van der Waals surface area contributed by atoms with Crippen LogP contribution in [0, 0.1) is 5.41 Å². The van der Waals surface area contributed by atoms with E-state index >= 15 is 0 Å². The van der Waals surface area contributed by atoms with Gasteiger partial charge < -0.3 is 4.90 Å². The van der Waals surface area contributed by atoms with Crippen LogP contribution >= 0.6 is 34.5 Å². The van der Waals surface area contributed by atoms with Gasteiger partial charge in [0.15, 0.2) is 17.3 Å². The molecule has 1 aliphatic carbocycles. The van der Waals surface area contributed by atoms with Gasteiger partial charge in [0.05, 0.1) is 10.9 Å². The Morgan fingerprint density at radius 1 is 0.842 bits per heavy atom. The zero-order valence-corrected chi connectivity index (χ0v) is 22.1. The number of fused-ring (bicyclic) bond motifs is 5. The molecule has 7 heteroatoms. The van der Waals surface area contributed by atoms with Crippen molar-refractivity contribution in [2.45, 2.75) is 18.0 Å². The largest absolute Gasteiger partial charge is 0.352 e. The number of hydrogen-bond acceptors (Lipinski definition) is 5. The maximum atomic E-state index is 14.5. The first-order chi connectivity index (χ1) is 18.4. The van der Waals surface area contributed by atoms with Gasteiger partial charge in [-0.05, 0) is 52.9 Å². The lowest BCUT2D eigenvalue weighted by Crippen LogP contribution is -2.48. The number of carbonyl (C=O) groups excluding carboxylic acids is 3. The maximum absolute atomic E-state index is 14.5. The Bertz CT molecular complexity index is 1660. The SMILES string of the molecule is O=C(c1cccs1)[C@@H]1[C@@H](c2cccc(Cl)c2)C2(C(=O)c3ccccc3C2=O)[C@H]2C=Cc3cc(Cl)ccc3N12. The van der Waals surface area contributed by atoms with Crippen molar-refractivity contribution in [1.29, 1.82) is 0 Å². The summed E-state index contributed by atoms with van der Waals surface area (Å²) >= 11 is 14.1. The highest BCUT2D eigenvalue weighted by molar-refractivity contribution is 7.12. The third-order valence-electron chi connectivity index (χ3n) is 8.01. The second-order valence-corrected chi connectivity index (χ2v) is 11.6. The smallest absolute Gasteiger partial charge is 0.195 e. The summed E-state index contributed by atoms with van der Waals surface area (Å²) in [5.74, 6) is -1.44. The number of rotatable bonds is 3. The van der Waals surface area contributed by atoms with Gasteiger partial charge >= 0.3 is 0 Å². The number of halogens is 2. The number of hydrogen-bond donors (Lipinski definition) is 0. The topological polar surface area (TPSA) is 54.5 Å². The van der Waals surface area contributed by atoms with E-state index in [0.717, 1.165) is 11.3 Å². The molecule has 0 bridgehead atoms. The molecule has 4 nitrogen and oxygen atoms in total. The third-order valence-corrected chi connectivity index (χ3v) is 9.36. The second-order valence-electron chi connectivity index (χ2n) is 9.81. The number of anilines is 1. The van der Waals surface area contributed by atoms with Crippen LogP contribution in [0.3, 0.4) is 0 Å². The Balaban J connectivity index is 1.57. The lowest BCUT2D eigenvalue weighted by molar-refractivity contribution is 0.0666. The highest BCUT2D eigenvalue weighted by Gasteiger charge is 2.71. The number of thiophene rings is 1. The molecule has 0 N–H and O–H groups in total. The summed E-state index contributed by atoms with van der Waals surface area (Å²) in [6.07, 6.45) is 3.79. The summed E-state index contributed by atoms with van der Waals surface area (Å²) in [7, 11) is 0. The molecule has 0 amide bonds. The molecule has 38 heavy (non-hydrogen) atoms. The molecule has 2 aliphatic heterocycles. The van der Waals surface area contributed by atoms with E-state index in [-0.39, 0.29) is 17.3 Å². The molecule has 0 unspecified atom stereocenters. The first-order valence-electron chi connectivity index (χ1n) is 12.2. The standard InChI is InChI=1S/C31H19Cl2NO3S/c32-19-6-3-5-18(16-19)26-27(28(35)24-9-4-14-38-24)34-23-12-11-20(33)15-17(23)10-13-25(34)31(26)29(36)21-7-1-2-8-22(21)30(31)37/h1-16,25-27H/t25-,26-,27+/m1/s1. The maximum Gasteiger partial charge on any atom is 0.195 e. The number of benzene rings is 3. The molecular formula is C31H19Cl2NO3S. The van der Waals surface area contributed by atoms with E-state index < -0.39 is 23.4 Å². The van der Waals surface area contributed by atoms with Gasteiger partial charge in [-0.3, -0.25) is 14.4 Å². The highest BCUT2D eigenvalue weighted by atomic mass is 35.5. The first kappa shape index (κ1) is 23.6. The summed E-state index contributed by atoms with van der Waals surface area (Å²) in [5, 5.41) is 2.90. The van der Waals surface area contributed by atoms with Crippen LogP contribution in [0.2, 0.25) is 10.0 Å². The lowest BCUT2D eigenvalue weighted by Gasteiger charge is -2.37. The molecule has 0 saturated carbocycles. The van der Waals surface area contributed by atoms with E-state index in [2.05, 4.69) is 0 Å². The van der Waals surface area contributed by atoms with Crippen LogP contribution < -0.4 is 4.90 Å². The molecule has 7 rings (SSSR count). The van der Waals surface area contributed by atoms with Crippen LogP contribution in [0.15, 0.2) is 90.3 Å². The average Bonchev–Trinajstić information content (AvgIpc) is 3.62. The molecule has 1 saturated heterocycles. The molecule has 1 spiro atoms. The summed E-state index contributed by atoms with van der Waals surface area (Å²) in [4.78, 5) is 46.0.